The Kier molecular flexibility index (Phi) is 5.03. The highest BCUT2D eigenvalue weighted by molar-refractivity contribution is 5.78. The van der Waals surface area contributed by atoms with Crippen molar-refractivity contribution in [2.45, 2.75) is 32.1 Å². The normalized spacial score (nSPS) is 22.5. The van der Waals surface area contributed by atoms with Crippen LogP contribution in [-0.4, -0.2) is 65.9 Å². The molecule has 2 aliphatic heterocycles. The van der Waals surface area contributed by atoms with Crippen molar-refractivity contribution in [2.24, 2.45) is 0 Å². The van der Waals surface area contributed by atoms with Crippen molar-refractivity contribution in [1.29, 1.82) is 0 Å². The molecule has 0 saturated carbocycles. The van der Waals surface area contributed by atoms with E-state index in [0.29, 0.717) is 19.6 Å². The fourth-order valence-corrected chi connectivity index (χ4v) is 3.22. The van der Waals surface area contributed by atoms with Crippen molar-refractivity contribution in [3.8, 4) is 0 Å². The minimum absolute atomic E-state index is 0.350. The van der Waals surface area contributed by atoms with Crippen LogP contribution < -0.4 is 4.90 Å². The molecule has 0 aliphatic carbocycles. The molecule has 0 radical (unpaired) electrons. The number of pyridine rings is 1. The van der Waals surface area contributed by atoms with Gasteiger partial charge < -0.3 is 19.5 Å². The molecule has 7 heteroatoms. The number of carbonyl (C=O) groups is 1. The van der Waals surface area contributed by atoms with E-state index < -0.39 is 11.5 Å². The molecule has 132 valence electrons. The van der Waals surface area contributed by atoms with E-state index in [2.05, 4.69) is 14.8 Å². The van der Waals surface area contributed by atoms with Crippen molar-refractivity contribution in [1.82, 2.24) is 9.88 Å². The summed E-state index contributed by atoms with van der Waals surface area (Å²) in [6.07, 6.45) is 2.09. The molecular weight excluding hydrogens is 310 g/mol. The zero-order valence-corrected chi connectivity index (χ0v) is 14.3. The predicted molar refractivity (Wildman–Crippen MR) is 89.0 cm³/mol. The van der Waals surface area contributed by atoms with E-state index in [1.165, 1.54) is 0 Å². The fraction of sp³-hybridized carbons (Fsp3) is 0.647. The van der Waals surface area contributed by atoms with Crippen LogP contribution in [0.2, 0.25) is 0 Å². The highest BCUT2D eigenvalue weighted by Gasteiger charge is 2.39. The number of aliphatic carboxylic acids is 1. The number of anilines is 1. The summed E-state index contributed by atoms with van der Waals surface area (Å²) in [6, 6.07) is 3.96. The van der Waals surface area contributed by atoms with Gasteiger partial charge in [-0.15, -0.1) is 0 Å². The third-order valence-electron chi connectivity index (χ3n) is 5.13. The van der Waals surface area contributed by atoms with Crippen LogP contribution in [0.25, 0.3) is 0 Å². The first-order chi connectivity index (χ1) is 11.5. The first-order valence-corrected chi connectivity index (χ1v) is 8.47. The molecule has 1 atom stereocenters. The molecule has 3 rings (SSSR count). The molecule has 0 amide bonds. The Morgan fingerprint density at radius 1 is 1.29 bits per heavy atom. The van der Waals surface area contributed by atoms with Crippen LogP contribution in [-0.2, 0) is 14.3 Å². The third-order valence-corrected chi connectivity index (χ3v) is 5.13. The Hall–Kier alpha value is -1.70. The molecule has 0 bridgehead atoms. The standard InChI is InChI=1S/C17H25N3O4/c1-3-17(2,16(21)22)20-8-6-19(7-9-20)13-4-5-14(18-12-13)15-23-10-11-24-15/h4-5,12,15H,3,6-11H2,1-2H3,(H,21,22). The smallest absolute Gasteiger partial charge is 0.323 e. The summed E-state index contributed by atoms with van der Waals surface area (Å²) in [5.74, 6) is -0.749. The maximum atomic E-state index is 11.6. The van der Waals surface area contributed by atoms with E-state index in [4.69, 9.17) is 9.47 Å². The molecule has 7 nitrogen and oxygen atoms in total. The summed E-state index contributed by atoms with van der Waals surface area (Å²) < 4.78 is 10.9. The van der Waals surface area contributed by atoms with Crippen LogP contribution >= 0.6 is 0 Å². The van der Waals surface area contributed by atoms with Gasteiger partial charge >= 0.3 is 5.97 Å². The van der Waals surface area contributed by atoms with Crippen LogP contribution in [0.4, 0.5) is 5.69 Å². The molecule has 2 saturated heterocycles. The second-order valence-electron chi connectivity index (χ2n) is 6.42. The zero-order chi connectivity index (χ0) is 17.2. The van der Waals surface area contributed by atoms with Crippen molar-refractivity contribution in [3.05, 3.63) is 24.0 Å². The average Bonchev–Trinajstić information content (AvgIpc) is 3.16. The first-order valence-electron chi connectivity index (χ1n) is 8.47. The molecule has 0 spiro atoms. The second kappa shape index (κ2) is 7.04. The van der Waals surface area contributed by atoms with E-state index in [1.807, 2.05) is 32.2 Å². The molecule has 1 aromatic heterocycles. The molecular formula is C17H25N3O4. The summed E-state index contributed by atoms with van der Waals surface area (Å²) in [4.78, 5) is 20.3. The van der Waals surface area contributed by atoms with Gasteiger partial charge in [0.25, 0.3) is 0 Å². The van der Waals surface area contributed by atoms with Crippen LogP contribution in [0.1, 0.15) is 32.3 Å². The molecule has 2 fully saturated rings. The van der Waals surface area contributed by atoms with Gasteiger partial charge in [0.05, 0.1) is 30.8 Å². The van der Waals surface area contributed by atoms with Gasteiger partial charge in [-0.25, -0.2) is 0 Å². The Balaban J connectivity index is 1.61. The molecule has 1 N–H and O–H groups in total. The molecule has 3 heterocycles. The molecule has 24 heavy (non-hydrogen) atoms. The number of piperazine rings is 1. The summed E-state index contributed by atoms with van der Waals surface area (Å²) in [5, 5.41) is 9.51. The van der Waals surface area contributed by atoms with Gasteiger partial charge in [-0.1, -0.05) is 6.92 Å². The second-order valence-corrected chi connectivity index (χ2v) is 6.42. The van der Waals surface area contributed by atoms with Crippen molar-refractivity contribution in [2.75, 3.05) is 44.3 Å². The lowest BCUT2D eigenvalue weighted by Gasteiger charge is -2.43. The SMILES string of the molecule is CCC(C)(C(=O)O)N1CCN(c2ccc(C3OCCO3)nc2)CC1. The first kappa shape index (κ1) is 17.1. The lowest BCUT2D eigenvalue weighted by atomic mass is 9.95. The highest BCUT2D eigenvalue weighted by Crippen LogP contribution is 2.26. The number of ether oxygens (including phenoxy) is 2. The Morgan fingerprint density at radius 2 is 1.96 bits per heavy atom. The molecule has 2 aliphatic rings. The van der Waals surface area contributed by atoms with Gasteiger partial charge in [-0.3, -0.25) is 14.7 Å². The summed E-state index contributed by atoms with van der Waals surface area (Å²) in [6.45, 7) is 7.99. The van der Waals surface area contributed by atoms with Crippen molar-refractivity contribution < 1.29 is 19.4 Å². The fourth-order valence-electron chi connectivity index (χ4n) is 3.22. The number of carboxylic acids is 1. The lowest BCUT2D eigenvalue weighted by Crippen LogP contribution is -2.59. The van der Waals surface area contributed by atoms with Crippen molar-refractivity contribution in [3.63, 3.8) is 0 Å². The molecule has 1 aromatic rings. The zero-order valence-electron chi connectivity index (χ0n) is 14.3. The van der Waals surface area contributed by atoms with Crippen LogP contribution in [0.3, 0.4) is 0 Å². The largest absolute Gasteiger partial charge is 0.480 e. The number of hydrogen-bond acceptors (Lipinski definition) is 6. The number of rotatable bonds is 5. The van der Waals surface area contributed by atoms with Crippen LogP contribution in [0.5, 0.6) is 0 Å². The highest BCUT2D eigenvalue weighted by atomic mass is 16.7. The summed E-state index contributed by atoms with van der Waals surface area (Å²) in [7, 11) is 0. The summed E-state index contributed by atoms with van der Waals surface area (Å²) in [5.41, 5.74) is 1.05. The maximum Gasteiger partial charge on any atom is 0.323 e. The quantitative estimate of drug-likeness (QED) is 0.874. The Bertz CT molecular complexity index is 566. The lowest BCUT2D eigenvalue weighted by molar-refractivity contribution is -0.151. The average molecular weight is 335 g/mol. The summed E-state index contributed by atoms with van der Waals surface area (Å²) >= 11 is 0. The topological polar surface area (TPSA) is 75.1 Å². The van der Waals surface area contributed by atoms with Crippen molar-refractivity contribution >= 4 is 11.7 Å². The van der Waals surface area contributed by atoms with Crippen LogP contribution in [0.15, 0.2) is 18.3 Å². The number of aromatic nitrogens is 1. The van der Waals surface area contributed by atoms with E-state index >= 15 is 0 Å². The van der Waals surface area contributed by atoms with Crippen LogP contribution in [0, 0.1) is 0 Å². The number of hydrogen-bond donors (Lipinski definition) is 1. The third kappa shape index (κ3) is 3.24. The number of nitrogens with zero attached hydrogens (tertiary/aromatic N) is 3. The van der Waals surface area contributed by atoms with Gasteiger partial charge in [0.15, 0.2) is 0 Å². The van der Waals surface area contributed by atoms with E-state index in [1.54, 1.807) is 0 Å². The number of carboxylic acid groups (broad SMARTS) is 1. The monoisotopic (exact) mass is 335 g/mol. The minimum Gasteiger partial charge on any atom is -0.480 e. The Labute approximate surface area is 142 Å². The maximum absolute atomic E-state index is 11.6. The Morgan fingerprint density at radius 3 is 2.46 bits per heavy atom. The van der Waals surface area contributed by atoms with Gasteiger partial charge in [0.2, 0.25) is 6.29 Å². The van der Waals surface area contributed by atoms with Gasteiger partial charge in [0, 0.05) is 26.2 Å². The minimum atomic E-state index is -0.786. The molecule has 0 aromatic carbocycles. The van der Waals surface area contributed by atoms with Gasteiger partial charge in [-0.2, -0.15) is 0 Å². The van der Waals surface area contributed by atoms with Gasteiger partial charge in [-0.05, 0) is 25.5 Å². The predicted octanol–water partition coefficient (Wildman–Crippen LogP) is 1.50. The van der Waals surface area contributed by atoms with Gasteiger partial charge in [0.1, 0.15) is 5.54 Å². The molecule has 1 unspecified atom stereocenters. The van der Waals surface area contributed by atoms with E-state index in [-0.39, 0.29) is 6.29 Å². The van der Waals surface area contributed by atoms with E-state index in [9.17, 15) is 9.90 Å². The van der Waals surface area contributed by atoms with E-state index in [0.717, 1.165) is 37.6 Å².